The summed E-state index contributed by atoms with van der Waals surface area (Å²) >= 11 is 0. The molecule has 136 valence electrons. The highest BCUT2D eigenvalue weighted by molar-refractivity contribution is 5.69. The second-order valence-corrected chi connectivity index (χ2v) is 5.20. The molecule has 0 aliphatic heterocycles. The van der Waals surface area contributed by atoms with Crippen molar-refractivity contribution in [3.8, 4) is 0 Å². The summed E-state index contributed by atoms with van der Waals surface area (Å²) in [6.45, 7) is 11.4. The van der Waals surface area contributed by atoms with Crippen molar-refractivity contribution in [1.29, 1.82) is 0 Å². The van der Waals surface area contributed by atoms with Crippen LogP contribution < -0.4 is 0 Å². The van der Waals surface area contributed by atoms with Crippen molar-refractivity contribution in [3.05, 3.63) is 0 Å². The summed E-state index contributed by atoms with van der Waals surface area (Å²) in [6, 6.07) is 0. The molecule has 0 heterocycles. The first-order chi connectivity index (χ1) is 10.4. The minimum atomic E-state index is -0.671. The van der Waals surface area contributed by atoms with Crippen LogP contribution in [0.2, 0.25) is 0 Å². The maximum atomic E-state index is 10.2. The largest absolute Gasteiger partial charge is 0.481 e. The van der Waals surface area contributed by atoms with E-state index in [-0.39, 0.29) is 12.5 Å². The Morgan fingerprint density at radius 3 is 1.50 bits per heavy atom. The van der Waals surface area contributed by atoms with Gasteiger partial charge in [0.1, 0.15) is 0 Å². The number of hydrogen-bond acceptors (Lipinski definition) is 4. The van der Waals surface area contributed by atoms with Gasteiger partial charge in [0, 0.05) is 13.2 Å². The van der Waals surface area contributed by atoms with E-state index in [0.29, 0.717) is 0 Å². The van der Waals surface area contributed by atoms with E-state index in [9.17, 15) is 4.79 Å². The minimum Gasteiger partial charge on any atom is -0.481 e. The monoisotopic (exact) mass is 322 g/mol. The summed E-state index contributed by atoms with van der Waals surface area (Å²) in [5.74, 6) is -0.801. The van der Waals surface area contributed by atoms with E-state index >= 15 is 0 Å². The van der Waals surface area contributed by atoms with Crippen molar-refractivity contribution in [2.75, 3.05) is 19.8 Å². The van der Waals surface area contributed by atoms with Crippen LogP contribution in [0.3, 0.4) is 0 Å². The molecule has 0 aromatic heterocycles. The van der Waals surface area contributed by atoms with Crippen LogP contribution in [-0.4, -0.2) is 47.2 Å². The molecule has 0 aliphatic rings. The number of aliphatic hydroxyl groups excluding tert-OH is 2. The zero-order valence-electron chi connectivity index (χ0n) is 15.2. The molecule has 0 amide bonds. The van der Waals surface area contributed by atoms with E-state index in [2.05, 4.69) is 13.8 Å². The number of hydrogen-bond donors (Lipinski definition) is 3. The third-order valence-electron chi connectivity index (χ3n) is 2.88. The minimum absolute atomic E-state index is 0.130. The van der Waals surface area contributed by atoms with Crippen molar-refractivity contribution in [3.63, 3.8) is 0 Å². The number of ether oxygens (including phenoxy) is 1. The van der Waals surface area contributed by atoms with Crippen LogP contribution >= 0.6 is 0 Å². The second kappa shape index (κ2) is 22.6. The fraction of sp³-hybridized carbons (Fsp3) is 0.941. The van der Waals surface area contributed by atoms with Crippen molar-refractivity contribution >= 4 is 5.97 Å². The zero-order valence-corrected chi connectivity index (χ0v) is 15.2. The predicted octanol–water partition coefficient (Wildman–Crippen LogP) is 3.47. The summed E-state index contributed by atoms with van der Waals surface area (Å²) in [6.07, 6.45) is 5.83. The fourth-order valence-corrected chi connectivity index (χ4v) is 1.23. The molecule has 0 bridgehead atoms. The van der Waals surface area contributed by atoms with E-state index in [1.54, 1.807) is 0 Å². The van der Waals surface area contributed by atoms with Gasteiger partial charge >= 0.3 is 5.97 Å². The van der Waals surface area contributed by atoms with Gasteiger partial charge in [-0.3, -0.25) is 4.79 Å². The molecule has 3 N–H and O–H groups in total. The highest BCUT2D eigenvalue weighted by Gasteiger charge is 2.10. The first-order valence-corrected chi connectivity index (χ1v) is 8.50. The number of carboxylic acids is 1. The first kappa shape index (κ1) is 26.3. The van der Waals surface area contributed by atoms with E-state index in [1.807, 2.05) is 13.8 Å². The van der Waals surface area contributed by atoms with Gasteiger partial charge in [-0.1, -0.05) is 40.5 Å². The molecule has 0 fully saturated rings. The molecule has 0 aromatic rings. The molecular weight excluding hydrogens is 284 g/mol. The van der Waals surface area contributed by atoms with Gasteiger partial charge < -0.3 is 20.1 Å². The molecule has 0 rings (SSSR count). The Morgan fingerprint density at radius 1 is 1.00 bits per heavy atom. The van der Waals surface area contributed by atoms with Crippen LogP contribution in [0.5, 0.6) is 0 Å². The lowest BCUT2D eigenvalue weighted by molar-refractivity contribution is -0.141. The predicted molar refractivity (Wildman–Crippen MR) is 91.1 cm³/mol. The van der Waals surface area contributed by atoms with Crippen LogP contribution in [0.25, 0.3) is 0 Å². The van der Waals surface area contributed by atoms with E-state index in [4.69, 9.17) is 20.1 Å². The second-order valence-electron chi connectivity index (χ2n) is 5.20. The smallest absolute Gasteiger partial charge is 0.306 e. The zero-order chi connectivity index (χ0) is 17.8. The van der Waals surface area contributed by atoms with Gasteiger partial charge in [-0.2, -0.15) is 0 Å². The summed E-state index contributed by atoms with van der Waals surface area (Å²) < 4.78 is 5.31. The summed E-state index contributed by atoms with van der Waals surface area (Å²) in [5, 5.41) is 24.4. The Balaban J connectivity index is -0.000000257. The summed E-state index contributed by atoms with van der Waals surface area (Å²) in [5.41, 5.74) is 0. The number of rotatable bonds is 10. The Kier molecular flexibility index (Phi) is 27.0. The molecular formula is C17H38O5. The molecule has 5 nitrogen and oxygen atoms in total. The third-order valence-corrected chi connectivity index (χ3v) is 2.88. The van der Waals surface area contributed by atoms with Crippen LogP contribution in [0.4, 0.5) is 0 Å². The molecule has 0 aliphatic carbocycles. The first-order valence-electron chi connectivity index (χ1n) is 8.50. The molecule has 0 radical (unpaired) electrons. The maximum absolute atomic E-state index is 10.2. The van der Waals surface area contributed by atoms with Gasteiger partial charge in [-0.25, -0.2) is 0 Å². The van der Waals surface area contributed by atoms with Crippen LogP contribution in [0.15, 0.2) is 0 Å². The number of aliphatic carboxylic acids is 1. The highest BCUT2D eigenvalue weighted by Crippen LogP contribution is 2.05. The SMILES string of the molecule is CC(O)CO.CCC(CC)C(=O)O.CCCCOCCCC. The average Bonchev–Trinajstić information content (AvgIpc) is 2.49. The molecule has 5 heteroatoms. The van der Waals surface area contributed by atoms with Gasteiger partial charge in [-0.15, -0.1) is 0 Å². The van der Waals surface area contributed by atoms with E-state index < -0.39 is 12.1 Å². The lowest BCUT2D eigenvalue weighted by Gasteiger charge is -2.02. The van der Waals surface area contributed by atoms with Gasteiger partial charge in [-0.05, 0) is 32.6 Å². The molecule has 0 saturated heterocycles. The highest BCUT2D eigenvalue weighted by atomic mass is 16.5. The van der Waals surface area contributed by atoms with Gasteiger partial charge in [0.05, 0.1) is 18.6 Å². The molecule has 1 unspecified atom stereocenters. The van der Waals surface area contributed by atoms with E-state index in [0.717, 1.165) is 26.1 Å². The normalized spacial score (nSPS) is 11.1. The standard InChI is InChI=1S/C8H18O.C6H12O2.C3H8O2/c1-3-5-7-9-8-6-4-2;1-3-5(4-2)6(7)8;1-3(5)2-4/h3-8H2,1-2H3;5H,3-4H2,1-2H3,(H,7,8);3-5H,2H2,1H3. The number of carbonyl (C=O) groups is 1. The molecule has 0 saturated carbocycles. The van der Waals surface area contributed by atoms with Gasteiger partial charge in [0.2, 0.25) is 0 Å². The Labute approximate surface area is 136 Å². The van der Waals surface area contributed by atoms with Gasteiger partial charge in [0.15, 0.2) is 0 Å². The van der Waals surface area contributed by atoms with E-state index in [1.165, 1.54) is 32.6 Å². The lowest BCUT2D eigenvalue weighted by atomic mass is 10.1. The maximum Gasteiger partial charge on any atom is 0.306 e. The topological polar surface area (TPSA) is 87.0 Å². The molecule has 22 heavy (non-hydrogen) atoms. The van der Waals surface area contributed by atoms with Gasteiger partial charge in [0.25, 0.3) is 0 Å². The van der Waals surface area contributed by atoms with Crippen LogP contribution in [0, 0.1) is 5.92 Å². The Morgan fingerprint density at radius 2 is 1.36 bits per heavy atom. The molecule has 0 spiro atoms. The van der Waals surface area contributed by atoms with Crippen LogP contribution in [0.1, 0.15) is 73.1 Å². The molecule has 1 atom stereocenters. The summed E-state index contributed by atoms with van der Waals surface area (Å²) in [4.78, 5) is 10.2. The van der Waals surface area contributed by atoms with Crippen molar-refractivity contribution in [1.82, 2.24) is 0 Å². The van der Waals surface area contributed by atoms with Crippen LogP contribution in [-0.2, 0) is 9.53 Å². The number of carboxylic acid groups (broad SMARTS) is 1. The number of aliphatic hydroxyl groups is 2. The Bertz CT molecular complexity index is 197. The molecule has 0 aromatic carbocycles. The van der Waals surface area contributed by atoms with Crippen molar-refractivity contribution in [2.24, 2.45) is 5.92 Å². The lowest BCUT2D eigenvalue weighted by Crippen LogP contribution is -2.10. The number of unbranched alkanes of at least 4 members (excludes halogenated alkanes) is 2. The quantitative estimate of drug-likeness (QED) is 0.536. The average molecular weight is 322 g/mol. The van der Waals surface area contributed by atoms with Crippen molar-refractivity contribution < 1.29 is 24.9 Å². The fourth-order valence-electron chi connectivity index (χ4n) is 1.23. The Hall–Kier alpha value is -0.650. The van der Waals surface area contributed by atoms with Crippen molar-refractivity contribution in [2.45, 2.75) is 79.2 Å². The third kappa shape index (κ3) is 27.7. The summed E-state index contributed by atoms with van der Waals surface area (Å²) in [7, 11) is 0.